The summed E-state index contributed by atoms with van der Waals surface area (Å²) in [5, 5.41) is 3.25. The van der Waals surface area contributed by atoms with Crippen LogP contribution in [0.25, 0.3) is 0 Å². The van der Waals surface area contributed by atoms with Crippen molar-refractivity contribution in [2.24, 2.45) is 0 Å². The van der Waals surface area contributed by atoms with Gasteiger partial charge in [-0.3, -0.25) is 0 Å². The van der Waals surface area contributed by atoms with Gasteiger partial charge in [0.25, 0.3) is 0 Å². The molecule has 1 heterocycles. The summed E-state index contributed by atoms with van der Waals surface area (Å²) in [7, 11) is 0. The molecule has 0 radical (unpaired) electrons. The van der Waals surface area contributed by atoms with Crippen LogP contribution in [0.15, 0.2) is 41.0 Å². The summed E-state index contributed by atoms with van der Waals surface area (Å²) in [5.41, 5.74) is 7.35. The van der Waals surface area contributed by atoms with Crippen LogP contribution in [0.1, 0.15) is 36.0 Å². The molecule has 1 aromatic carbocycles. The minimum Gasteiger partial charge on any atom is -0.467 e. The summed E-state index contributed by atoms with van der Waals surface area (Å²) < 4.78 is 10.3. The number of carbonyl (C=O) groups excluding carboxylic acids is 1. The van der Waals surface area contributed by atoms with Crippen LogP contribution in [0.4, 0.5) is 11.4 Å². The van der Waals surface area contributed by atoms with Crippen molar-refractivity contribution in [1.29, 1.82) is 0 Å². The predicted octanol–water partition coefficient (Wildman–Crippen LogP) is 3.21. The number of furan rings is 1. The molecule has 5 heteroatoms. The van der Waals surface area contributed by atoms with Gasteiger partial charge in [-0.25, -0.2) is 4.79 Å². The first kappa shape index (κ1) is 14.0. The predicted molar refractivity (Wildman–Crippen MR) is 77.6 cm³/mol. The highest BCUT2D eigenvalue weighted by Crippen LogP contribution is 2.23. The summed E-state index contributed by atoms with van der Waals surface area (Å²) in [6.45, 7) is 4.05. The molecular formula is C15H18N2O3. The van der Waals surface area contributed by atoms with E-state index in [9.17, 15) is 4.79 Å². The molecular weight excluding hydrogens is 256 g/mol. The molecule has 0 aliphatic carbocycles. The van der Waals surface area contributed by atoms with Gasteiger partial charge in [0, 0.05) is 11.4 Å². The number of benzene rings is 1. The van der Waals surface area contributed by atoms with Gasteiger partial charge in [-0.05, 0) is 44.2 Å². The average molecular weight is 274 g/mol. The minimum absolute atomic E-state index is 0.0105. The lowest BCUT2D eigenvalue weighted by Gasteiger charge is -2.14. The van der Waals surface area contributed by atoms with Gasteiger partial charge in [0.15, 0.2) is 0 Å². The van der Waals surface area contributed by atoms with Gasteiger partial charge in [-0.2, -0.15) is 0 Å². The highest BCUT2D eigenvalue weighted by atomic mass is 16.5. The second-order valence-electron chi connectivity index (χ2n) is 4.40. The van der Waals surface area contributed by atoms with Crippen molar-refractivity contribution in [3.8, 4) is 0 Å². The summed E-state index contributed by atoms with van der Waals surface area (Å²) in [5.74, 6) is 0.402. The van der Waals surface area contributed by atoms with E-state index in [1.165, 1.54) is 0 Å². The first-order valence-electron chi connectivity index (χ1n) is 6.48. The fraction of sp³-hybridized carbons (Fsp3) is 0.267. The Morgan fingerprint density at radius 2 is 2.25 bits per heavy atom. The number of carbonyl (C=O) groups is 1. The number of anilines is 2. The van der Waals surface area contributed by atoms with E-state index >= 15 is 0 Å². The Hall–Kier alpha value is -2.43. The second-order valence-corrected chi connectivity index (χ2v) is 4.40. The highest BCUT2D eigenvalue weighted by molar-refractivity contribution is 5.96. The van der Waals surface area contributed by atoms with Crippen LogP contribution in [0.5, 0.6) is 0 Å². The second kappa shape index (κ2) is 6.14. The van der Waals surface area contributed by atoms with Crippen molar-refractivity contribution in [1.82, 2.24) is 0 Å². The maximum absolute atomic E-state index is 11.8. The Bertz CT molecular complexity index is 579. The third-order valence-corrected chi connectivity index (χ3v) is 2.90. The Balaban J connectivity index is 2.17. The minimum atomic E-state index is -0.417. The van der Waals surface area contributed by atoms with Crippen LogP contribution in [0.3, 0.4) is 0 Å². The molecule has 0 fully saturated rings. The molecule has 0 saturated carbocycles. The zero-order valence-electron chi connectivity index (χ0n) is 11.6. The molecule has 1 atom stereocenters. The molecule has 0 aliphatic rings. The van der Waals surface area contributed by atoms with Crippen molar-refractivity contribution >= 4 is 17.3 Å². The quantitative estimate of drug-likeness (QED) is 0.646. The van der Waals surface area contributed by atoms with Crippen molar-refractivity contribution in [3.63, 3.8) is 0 Å². The molecule has 0 bridgehead atoms. The van der Waals surface area contributed by atoms with E-state index in [2.05, 4.69) is 5.32 Å². The first-order valence-corrected chi connectivity index (χ1v) is 6.48. The van der Waals surface area contributed by atoms with Gasteiger partial charge < -0.3 is 20.2 Å². The summed E-state index contributed by atoms with van der Waals surface area (Å²) in [6.07, 6.45) is 1.63. The van der Waals surface area contributed by atoms with Gasteiger partial charge in [0.2, 0.25) is 0 Å². The van der Waals surface area contributed by atoms with E-state index in [0.717, 1.165) is 11.4 Å². The number of nitrogens with two attached hydrogens (primary N) is 1. The van der Waals surface area contributed by atoms with E-state index in [0.29, 0.717) is 17.9 Å². The first-order chi connectivity index (χ1) is 9.61. The molecule has 1 aromatic heterocycles. The van der Waals surface area contributed by atoms with Gasteiger partial charge in [0.05, 0.1) is 24.5 Å². The van der Waals surface area contributed by atoms with Crippen LogP contribution in [0, 0.1) is 0 Å². The number of hydrogen-bond acceptors (Lipinski definition) is 5. The van der Waals surface area contributed by atoms with Crippen molar-refractivity contribution < 1.29 is 13.9 Å². The van der Waals surface area contributed by atoms with Crippen LogP contribution >= 0.6 is 0 Å². The zero-order valence-corrected chi connectivity index (χ0v) is 11.6. The normalized spacial score (nSPS) is 11.9. The molecule has 0 saturated heterocycles. The maximum atomic E-state index is 11.8. The highest BCUT2D eigenvalue weighted by Gasteiger charge is 2.13. The average Bonchev–Trinajstić information content (AvgIpc) is 2.95. The van der Waals surface area contributed by atoms with Gasteiger partial charge >= 0.3 is 5.97 Å². The standard InChI is InChI=1S/C15H18N2O3/c1-3-19-15(18)12-9-11(6-7-13(12)16)17-10(2)14-5-4-8-20-14/h4-10,17H,3,16H2,1-2H3. The summed E-state index contributed by atoms with van der Waals surface area (Å²) in [6, 6.07) is 8.90. The van der Waals surface area contributed by atoms with Gasteiger partial charge in [-0.15, -0.1) is 0 Å². The Labute approximate surface area is 117 Å². The van der Waals surface area contributed by atoms with Crippen LogP contribution < -0.4 is 11.1 Å². The van der Waals surface area contributed by atoms with Crippen LogP contribution in [0.2, 0.25) is 0 Å². The SMILES string of the molecule is CCOC(=O)c1cc(NC(C)c2ccco2)ccc1N. The maximum Gasteiger partial charge on any atom is 0.340 e. The van der Waals surface area contributed by atoms with E-state index in [1.54, 1.807) is 25.3 Å². The number of ether oxygens (including phenoxy) is 1. The van der Waals surface area contributed by atoms with E-state index in [4.69, 9.17) is 14.9 Å². The van der Waals surface area contributed by atoms with Crippen LogP contribution in [-0.2, 0) is 4.74 Å². The monoisotopic (exact) mass is 274 g/mol. The molecule has 20 heavy (non-hydrogen) atoms. The third kappa shape index (κ3) is 3.12. The molecule has 0 aliphatic heterocycles. The van der Waals surface area contributed by atoms with E-state index < -0.39 is 5.97 Å². The van der Waals surface area contributed by atoms with Crippen molar-refractivity contribution in [2.45, 2.75) is 19.9 Å². The lowest BCUT2D eigenvalue weighted by molar-refractivity contribution is 0.0527. The number of nitrogen functional groups attached to an aromatic ring is 1. The number of esters is 1. The lowest BCUT2D eigenvalue weighted by atomic mass is 10.1. The van der Waals surface area contributed by atoms with Crippen molar-refractivity contribution in [2.75, 3.05) is 17.7 Å². The molecule has 2 aromatic rings. The lowest BCUT2D eigenvalue weighted by Crippen LogP contribution is -2.10. The van der Waals surface area contributed by atoms with E-state index in [1.807, 2.05) is 25.1 Å². The summed E-state index contributed by atoms with van der Waals surface area (Å²) in [4.78, 5) is 11.8. The fourth-order valence-electron chi connectivity index (χ4n) is 1.89. The number of nitrogens with one attached hydrogen (secondary N) is 1. The molecule has 5 nitrogen and oxygen atoms in total. The third-order valence-electron chi connectivity index (χ3n) is 2.90. The molecule has 0 spiro atoms. The topological polar surface area (TPSA) is 77.5 Å². The molecule has 3 N–H and O–H groups in total. The zero-order chi connectivity index (χ0) is 14.5. The Kier molecular flexibility index (Phi) is 4.30. The largest absolute Gasteiger partial charge is 0.467 e. The molecule has 106 valence electrons. The number of hydrogen-bond donors (Lipinski definition) is 2. The van der Waals surface area contributed by atoms with Crippen molar-refractivity contribution in [3.05, 3.63) is 47.9 Å². The molecule has 1 unspecified atom stereocenters. The Morgan fingerprint density at radius 3 is 2.90 bits per heavy atom. The summed E-state index contributed by atoms with van der Waals surface area (Å²) >= 11 is 0. The Morgan fingerprint density at radius 1 is 1.45 bits per heavy atom. The number of rotatable bonds is 5. The van der Waals surface area contributed by atoms with Crippen LogP contribution in [-0.4, -0.2) is 12.6 Å². The van der Waals surface area contributed by atoms with Gasteiger partial charge in [0.1, 0.15) is 5.76 Å². The molecule has 2 rings (SSSR count). The molecule has 0 amide bonds. The van der Waals surface area contributed by atoms with E-state index in [-0.39, 0.29) is 6.04 Å². The fourth-order valence-corrected chi connectivity index (χ4v) is 1.89. The van der Waals surface area contributed by atoms with Gasteiger partial charge in [-0.1, -0.05) is 0 Å². The smallest absolute Gasteiger partial charge is 0.340 e.